The fourth-order valence-electron chi connectivity index (χ4n) is 10.5. The van der Waals surface area contributed by atoms with Gasteiger partial charge in [0.2, 0.25) is 0 Å². The number of aliphatic hydroxyl groups is 1. The van der Waals surface area contributed by atoms with Gasteiger partial charge in [0.1, 0.15) is 12.4 Å². The minimum absolute atomic E-state index is 0.00225. The first-order valence-electron chi connectivity index (χ1n) is 16.8. The summed E-state index contributed by atoms with van der Waals surface area (Å²) in [7, 11) is 1.47. The first-order valence-corrected chi connectivity index (χ1v) is 16.8. The summed E-state index contributed by atoms with van der Waals surface area (Å²) in [6.45, 7) is 6.55. The Labute approximate surface area is 269 Å². The lowest BCUT2D eigenvalue weighted by Crippen LogP contribution is -2.63. The van der Waals surface area contributed by atoms with Gasteiger partial charge in [-0.3, -0.25) is 9.59 Å². The third-order valence-electron chi connectivity index (χ3n) is 12.6. The van der Waals surface area contributed by atoms with Crippen LogP contribution in [0.4, 0.5) is 0 Å². The summed E-state index contributed by atoms with van der Waals surface area (Å²) in [6, 6.07) is 3.29. The van der Waals surface area contributed by atoms with Crippen molar-refractivity contribution in [2.45, 2.75) is 134 Å². The lowest BCUT2D eigenvalue weighted by atomic mass is 9.43. The summed E-state index contributed by atoms with van der Waals surface area (Å²) in [5.74, 6) is -0.795. The van der Waals surface area contributed by atoms with Crippen molar-refractivity contribution in [3.05, 3.63) is 34.4 Å². The minimum Gasteiger partial charge on any atom is -0.457 e. The molecule has 1 N–H and O–H groups in total. The molecule has 2 heterocycles. The van der Waals surface area contributed by atoms with Crippen LogP contribution >= 0.6 is 0 Å². The Kier molecular flexibility index (Phi) is 9.01. The van der Waals surface area contributed by atoms with Crippen LogP contribution in [0, 0.1) is 28.6 Å². The number of rotatable bonds is 7. The van der Waals surface area contributed by atoms with Crippen LogP contribution in [0.1, 0.15) is 97.0 Å². The molecule has 0 spiro atoms. The normalized spacial score (nSPS) is 45.1. The maximum atomic E-state index is 13.2. The van der Waals surface area contributed by atoms with E-state index in [0.717, 1.165) is 37.7 Å². The summed E-state index contributed by atoms with van der Waals surface area (Å²) < 4.78 is 34.7. The fraction of sp³-hybridized carbons (Fsp3) is 0.771. The van der Waals surface area contributed by atoms with E-state index < -0.39 is 53.7 Å². The highest BCUT2D eigenvalue weighted by Crippen LogP contribution is 2.70. The summed E-state index contributed by atoms with van der Waals surface area (Å²) in [6.07, 6.45) is 5.09. The van der Waals surface area contributed by atoms with Gasteiger partial charge in [-0.1, -0.05) is 6.92 Å². The van der Waals surface area contributed by atoms with Gasteiger partial charge < -0.3 is 38.0 Å². The van der Waals surface area contributed by atoms with Crippen molar-refractivity contribution in [2.75, 3.05) is 7.11 Å². The van der Waals surface area contributed by atoms with Crippen LogP contribution in [-0.2, 0) is 38.1 Å². The zero-order valence-corrected chi connectivity index (χ0v) is 27.5. The molecule has 254 valence electrons. The molecule has 5 fully saturated rings. The highest BCUT2D eigenvalue weighted by Gasteiger charge is 2.68. The maximum Gasteiger partial charge on any atom is 0.335 e. The fourth-order valence-corrected chi connectivity index (χ4v) is 10.5. The summed E-state index contributed by atoms with van der Waals surface area (Å²) >= 11 is 0. The second-order valence-electron chi connectivity index (χ2n) is 14.7. The Morgan fingerprint density at radius 3 is 2.35 bits per heavy atom. The highest BCUT2D eigenvalue weighted by atomic mass is 16.7. The summed E-state index contributed by atoms with van der Waals surface area (Å²) in [5.41, 5.74) is -1.28. The predicted molar refractivity (Wildman–Crippen MR) is 162 cm³/mol. The number of esters is 2. The number of fused-ring (bicyclic) bond motifs is 5. The number of carbonyl (C=O) groups is 3. The van der Waals surface area contributed by atoms with Crippen LogP contribution in [-0.4, -0.2) is 72.9 Å². The third-order valence-corrected chi connectivity index (χ3v) is 12.6. The quantitative estimate of drug-likeness (QED) is 0.260. The topological polar surface area (TPSA) is 148 Å². The second-order valence-corrected chi connectivity index (χ2v) is 14.7. The van der Waals surface area contributed by atoms with Crippen molar-refractivity contribution < 1.29 is 47.6 Å². The van der Waals surface area contributed by atoms with E-state index in [1.165, 1.54) is 33.3 Å². The van der Waals surface area contributed by atoms with Gasteiger partial charge in [0, 0.05) is 37.9 Å². The van der Waals surface area contributed by atoms with Gasteiger partial charge in [0.05, 0.1) is 24.1 Å². The van der Waals surface area contributed by atoms with Crippen molar-refractivity contribution in [1.29, 1.82) is 0 Å². The van der Waals surface area contributed by atoms with E-state index in [-0.39, 0.29) is 40.8 Å². The Morgan fingerprint density at radius 2 is 1.70 bits per heavy atom. The van der Waals surface area contributed by atoms with Gasteiger partial charge in [-0.15, -0.1) is 0 Å². The van der Waals surface area contributed by atoms with Crippen LogP contribution < -0.4 is 5.63 Å². The van der Waals surface area contributed by atoms with E-state index in [0.29, 0.717) is 25.7 Å². The zero-order chi connectivity index (χ0) is 33.0. The molecule has 6 rings (SSSR count). The Morgan fingerprint density at radius 1 is 0.957 bits per heavy atom. The number of hydrogen-bond acceptors (Lipinski definition) is 11. The molecule has 46 heavy (non-hydrogen) atoms. The first-order chi connectivity index (χ1) is 21.9. The first kappa shape index (κ1) is 33.3. The molecule has 1 aliphatic heterocycles. The third kappa shape index (κ3) is 5.35. The lowest BCUT2D eigenvalue weighted by molar-refractivity contribution is -0.316. The lowest BCUT2D eigenvalue weighted by Gasteiger charge is -2.63. The number of carbonyl (C=O) groups excluding carboxylic acids is 3. The zero-order valence-electron chi connectivity index (χ0n) is 27.5. The second kappa shape index (κ2) is 12.5. The van der Waals surface area contributed by atoms with Crippen molar-refractivity contribution in [2.24, 2.45) is 28.6 Å². The summed E-state index contributed by atoms with van der Waals surface area (Å²) in [4.78, 5) is 48.7. The molecule has 1 aromatic rings. The van der Waals surface area contributed by atoms with Gasteiger partial charge in [-0.05, 0) is 100 Å². The average molecular weight is 645 g/mol. The molecule has 11 heteroatoms. The largest absolute Gasteiger partial charge is 0.457 e. The van der Waals surface area contributed by atoms with E-state index in [1.54, 1.807) is 13.2 Å². The smallest absolute Gasteiger partial charge is 0.335 e. The van der Waals surface area contributed by atoms with E-state index in [2.05, 4.69) is 6.92 Å². The van der Waals surface area contributed by atoms with Crippen molar-refractivity contribution in [1.82, 2.24) is 0 Å². The molecule has 4 aliphatic carbocycles. The standard InChI is InChI=1S/C35H48O11/c1-19-29(44-20(2)37)30(41-5)31(45-21(3)38)32(43-19)46-24-10-14-34(18-36)23(16-24)7-8-27-26(34)11-13-33(4)25(12-15-35(27,33)40)22-6-9-28(39)42-17-22/h6,9,17-19,23-27,29-32,40H,7-8,10-16H2,1-5H3/t19-,23-,24-,25-,26-,27-,29+,30-,31-,32-,33-,34-,35-/m0/s1. The summed E-state index contributed by atoms with van der Waals surface area (Å²) in [5, 5.41) is 12.5. The van der Waals surface area contributed by atoms with Crippen LogP contribution in [0.3, 0.4) is 0 Å². The van der Waals surface area contributed by atoms with Crippen molar-refractivity contribution in [3.63, 3.8) is 0 Å². The van der Waals surface area contributed by atoms with E-state index in [9.17, 15) is 24.3 Å². The maximum absolute atomic E-state index is 13.2. The molecule has 0 radical (unpaired) electrons. The van der Waals surface area contributed by atoms with Gasteiger partial charge in [0.25, 0.3) is 0 Å². The molecule has 5 aliphatic rings. The Bertz CT molecular complexity index is 1360. The predicted octanol–water partition coefficient (Wildman–Crippen LogP) is 4.07. The van der Waals surface area contributed by atoms with Crippen LogP contribution in [0.2, 0.25) is 0 Å². The van der Waals surface area contributed by atoms with Crippen molar-refractivity contribution >= 4 is 18.2 Å². The molecule has 11 nitrogen and oxygen atoms in total. The number of ether oxygens (including phenoxy) is 5. The molecular weight excluding hydrogens is 596 g/mol. The van der Waals surface area contributed by atoms with Crippen LogP contribution in [0.15, 0.2) is 27.6 Å². The number of hydrogen-bond donors (Lipinski definition) is 1. The van der Waals surface area contributed by atoms with Gasteiger partial charge in [-0.25, -0.2) is 4.79 Å². The molecule has 0 unspecified atom stereocenters. The number of aldehydes is 1. The SMILES string of the molecule is CO[C@@H]1[C@H](OC(C)=O)[C@H](O[C@H]2CC[C@]3(C=O)[C@@H](CC[C@H]4[C@@H]3CC[C@@]3(C)[C@H](c5ccc(=O)oc5)CC[C@]43O)C2)O[C@@H](C)[C@H]1OC(C)=O. The van der Waals surface area contributed by atoms with E-state index in [1.807, 2.05) is 6.07 Å². The van der Waals surface area contributed by atoms with Crippen molar-refractivity contribution in [3.8, 4) is 0 Å². The van der Waals surface area contributed by atoms with E-state index in [4.69, 9.17) is 28.1 Å². The molecule has 0 bridgehead atoms. The number of methoxy groups -OCH3 is 1. The van der Waals surface area contributed by atoms with Crippen LogP contribution in [0.5, 0.6) is 0 Å². The molecule has 1 saturated heterocycles. The van der Waals surface area contributed by atoms with Crippen LogP contribution in [0.25, 0.3) is 0 Å². The Balaban J connectivity index is 1.19. The Hall–Kier alpha value is -2.60. The average Bonchev–Trinajstić information content (AvgIpc) is 3.30. The molecular formula is C35H48O11. The van der Waals surface area contributed by atoms with Gasteiger partial charge >= 0.3 is 17.6 Å². The molecule has 1 aromatic heterocycles. The molecule has 4 saturated carbocycles. The van der Waals surface area contributed by atoms with Gasteiger partial charge in [-0.2, -0.15) is 0 Å². The van der Waals surface area contributed by atoms with E-state index >= 15 is 0 Å². The molecule has 0 amide bonds. The highest BCUT2D eigenvalue weighted by molar-refractivity contribution is 5.67. The minimum atomic E-state index is -0.949. The molecule has 0 aromatic carbocycles. The molecule has 13 atom stereocenters. The monoisotopic (exact) mass is 644 g/mol. The van der Waals surface area contributed by atoms with Gasteiger partial charge in [0.15, 0.2) is 18.5 Å².